The van der Waals surface area contributed by atoms with Gasteiger partial charge >= 0.3 is 5.97 Å². The van der Waals surface area contributed by atoms with E-state index in [-0.39, 0.29) is 12.0 Å². The normalized spacial score (nSPS) is 16.3. The molecule has 1 unspecified atom stereocenters. The molecule has 0 spiro atoms. The van der Waals surface area contributed by atoms with Gasteiger partial charge < -0.3 is 4.74 Å². The summed E-state index contributed by atoms with van der Waals surface area (Å²) in [5.74, 6) is 0.845. The average molecular weight is 265 g/mol. The third kappa shape index (κ3) is 3.50. The third-order valence-electron chi connectivity index (χ3n) is 2.94. The molecule has 1 aromatic rings. The van der Waals surface area contributed by atoms with E-state index in [1.165, 1.54) is 12.0 Å². The first-order chi connectivity index (χ1) is 8.74. The second kappa shape index (κ2) is 6.25. The quantitative estimate of drug-likeness (QED) is 0.634. The van der Waals surface area contributed by atoms with Gasteiger partial charge in [0, 0.05) is 10.9 Å². The van der Waals surface area contributed by atoms with Crippen molar-refractivity contribution in [2.45, 2.75) is 36.7 Å². The Balaban J connectivity index is 2.10. The Labute approximate surface area is 112 Å². The summed E-state index contributed by atoms with van der Waals surface area (Å²) in [6.45, 7) is 2.13. The van der Waals surface area contributed by atoms with Crippen LogP contribution in [0.1, 0.15) is 31.4 Å². The predicted octanol–water partition coefficient (Wildman–Crippen LogP) is 2.76. The van der Waals surface area contributed by atoms with E-state index in [4.69, 9.17) is 4.74 Å². The lowest BCUT2D eigenvalue weighted by Gasteiger charge is -2.16. The van der Waals surface area contributed by atoms with Crippen LogP contribution in [0.15, 0.2) is 29.2 Å². The monoisotopic (exact) mass is 265 g/mol. The molecule has 0 aliphatic heterocycles. The van der Waals surface area contributed by atoms with Crippen LogP contribution in [-0.2, 0) is 9.53 Å². The topological polar surface area (TPSA) is 38.3 Å². The molecule has 1 aromatic carbocycles. The van der Waals surface area contributed by atoms with Gasteiger partial charge in [0.25, 0.3) is 0 Å². The molecular weight excluding hydrogens is 246 g/mol. The van der Waals surface area contributed by atoms with Crippen molar-refractivity contribution < 1.29 is 9.53 Å². The number of nitrogens with one attached hydrogen (secondary N) is 1. The van der Waals surface area contributed by atoms with Crippen LogP contribution in [0, 0.1) is 0 Å². The summed E-state index contributed by atoms with van der Waals surface area (Å²) in [7, 11) is 1.44. The highest BCUT2D eigenvalue weighted by molar-refractivity contribution is 7.99. The molecule has 0 saturated heterocycles. The molecule has 1 aliphatic rings. The van der Waals surface area contributed by atoms with E-state index in [0.29, 0.717) is 6.04 Å². The Bertz CT molecular complexity index is 401. The summed E-state index contributed by atoms with van der Waals surface area (Å²) >= 11 is 1.80. The number of esters is 1. The zero-order valence-corrected chi connectivity index (χ0v) is 11.6. The van der Waals surface area contributed by atoms with Gasteiger partial charge in [-0.15, -0.1) is 11.8 Å². The fourth-order valence-electron chi connectivity index (χ4n) is 1.83. The highest BCUT2D eigenvalue weighted by Gasteiger charge is 2.29. The molecule has 1 atom stereocenters. The van der Waals surface area contributed by atoms with Crippen molar-refractivity contribution in [3.63, 3.8) is 0 Å². The second-order valence-corrected chi connectivity index (χ2v) is 5.74. The summed E-state index contributed by atoms with van der Waals surface area (Å²) in [5, 5.41) is 3.33. The summed E-state index contributed by atoms with van der Waals surface area (Å²) in [6, 6.07) is 8.29. The first-order valence-corrected chi connectivity index (χ1v) is 7.29. The molecule has 1 aliphatic carbocycles. The fourth-order valence-corrected chi connectivity index (χ4v) is 2.49. The number of methoxy groups -OCH3 is 1. The van der Waals surface area contributed by atoms with E-state index >= 15 is 0 Å². The van der Waals surface area contributed by atoms with Crippen molar-refractivity contribution in [2.24, 2.45) is 0 Å². The molecular formula is C14H19NO2S. The molecule has 0 amide bonds. The molecule has 1 N–H and O–H groups in total. The van der Waals surface area contributed by atoms with Gasteiger partial charge in [-0.05, 0) is 36.3 Å². The number of hydrogen-bond donors (Lipinski definition) is 1. The molecule has 18 heavy (non-hydrogen) atoms. The summed E-state index contributed by atoms with van der Waals surface area (Å²) < 4.78 is 4.87. The maximum Gasteiger partial charge on any atom is 0.327 e. The minimum Gasteiger partial charge on any atom is -0.468 e. The van der Waals surface area contributed by atoms with Crippen molar-refractivity contribution in [2.75, 3.05) is 12.9 Å². The predicted molar refractivity (Wildman–Crippen MR) is 73.8 cm³/mol. The lowest BCUT2D eigenvalue weighted by Crippen LogP contribution is -2.31. The maximum atomic E-state index is 11.8. The van der Waals surface area contributed by atoms with Gasteiger partial charge in [-0.1, -0.05) is 19.1 Å². The molecule has 0 heterocycles. The Hall–Kier alpha value is -1.00. The summed E-state index contributed by atoms with van der Waals surface area (Å²) in [6.07, 6.45) is 2.30. The second-order valence-electron chi connectivity index (χ2n) is 4.40. The Morgan fingerprint density at radius 1 is 1.44 bits per heavy atom. The van der Waals surface area contributed by atoms with Gasteiger partial charge in [0.05, 0.1) is 7.11 Å². The molecule has 2 rings (SSSR count). The molecule has 4 heteroatoms. The van der Waals surface area contributed by atoms with E-state index in [1.54, 1.807) is 11.8 Å². The van der Waals surface area contributed by atoms with Gasteiger partial charge in [0.1, 0.15) is 6.04 Å². The van der Waals surface area contributed by atoms with Crippen LogP contribution >= 0.6 is 11.8 Å². The van der Waals surface area contributed by atoms with Crippen LogP contribution in [0.25, 0.3) is 0 Å². The number of carbonyl (C=O) groups excluding carboxylic acids is 1. The number of ether oxygens (including phenoxy) is 1. The number of rotatable bonds is 6. The van der Waals surface area contributed by atoms with Crippen LogP contribution in [0.3, 0.4) is 0 Å². The minimum absolute atomic E-state index is 0.210. The van der Waals surface area contributed by atoms with Gasteiger partial charge in [-0.2, -0.15) is 0 Å². The van der Waals surface area contributed by atoms with Crippen molar-refractivity contribution >= 4 is 17.7 Å². The average Bonchev–Trinajstić information content (AvgIpc) is 3.21. The lowest BCUT2D eigenvalue weighted by molar-refractivity contribution is -0.143. The highest BCUT2D eigenvalue weighted by Crippen LogP contribution is 2.26. The van der Waals surface area contributed by atoms with Gasteiger partial charge in [-0.25, -0.2) is 4.79 Å². The molecule has 3 nitrogen and oxygen atoms in total. The Kier molecular flexibility index (Phi) is 4.66. The van der Waals surface area contributed by atoms with E-state index in [0.717, 1.165) is 24.2 Å². The molecule has 0 bridgehead atoms. The standard InChI is InChI=1S/C14H19NO2S/c1-3-18-12-8-4-10(5-9-12)13(14(16)17-2)15-11-6-7-11/h4-5,8-9,11,13,15H,3,6-7H2,1-2H3. The van der Waals surface area contributed by atoms with E-state index < -0.39 is 0 Å². The van der Waals surface area contributed by atoms with Crippen LogP contribution < -0.4 is 5.32 Å². The first-order valence-electron chi connectivity index (χ1n) is 6.31. The van der Waals surface area contributed by atoms with Crippen molar-refractivity contribution in [3.05, 3.63) is 29.8 Å². The molecule has 1 saturated carbocycles. The molecule has 1 fully saturated rings. The van der Waals surface area contributed by atoms with Gasteiger partial charge in [0.15, 0.2) is 0 Å². The highest BCUT2D eigenvalue weighted by atomic mass is 32.2. The van der Waals surface area contributed by atoms with Gasteiger partial charge in [0.2, 0.25) is 0 Å². The third-order valence-corrected chi connectivity index (χ3v) is 3.84. The van der Waals surface area contributed by atoms with Gasteiger partial charge in [-0.3, -0.25) is 5.32 Å². The maximum absolute atomic E-state index is 11.8. The van der Waals surface area contributed by atoms with Crippen molar-refractivity contribution in [1.29, 1.82) is 0 Å². The fraction of sp³-hybridized carbons (Fsp3) is 0.500. The SMILES string of the molecule is CCSc1ccc(C(NC2CC2)C(=O)OC)cc1. The van der Waals surface area contributed by atoms with Crippen molar-refractivity contribution in [3.8, 4) is 0 Å². The largest absolute Gasteiger partial charge is 0.468 e. The number of benzene rings is 1. The number of thioether (sulfide) groups is 1. The first kappa shape index (κ1) is 13.4. The zero-order chi connectivity index (χ0) is 13.0. The number of hydrogen-bond acceptors (Lipinski definition) is 4. The smallest absolute Gasteiger partial charge is 0.327 e. The van der Waals surface area contributed by atoms with E-state index in [2.05, 4.69) is 24.4 Å². The van der Waals surface area contributed by atoms with Crippen molar-refractivity contribution in [1.82, 2.24) is 5.32 Å². The Morgan fingerprint density at radius 2 is 2.11 bits per heavy atom. The molecule has 0 aromatic heterocycles. The van der Waals surface area contributed by atoms with Crippen LogP contribution in [0.5, 0.6) is 0 Å². The van der Waals surface area contributed by atoms with E-state index in [1.807, 2.05) is 12.1 Å². The Morgan fingerprint density at radius 3 is 2.61 bits per heavy atom. The van der Waals surface area contributed by atoms with Crippen LogP contribution in [0.4, 0.5) is 0 Å². The minimum atomic E-state index is -0.330. The van der Waals surface area contributed by atoms with Crippen LogP contribution in [-0.4, -0.2) is 24.9 Å². The summed E-state index contributed by atoms with van der Waals surface area (Å²) in [5.41, 5.74) is 0.981. The van der Waals surface area contributed by atoms with E-state index in [9.17, 15) is 4.79 Å². The number of carbonyl (C=O) groups is 1. The zero-order valence-electron chi connectivity index (χ0n) is 10.8. The molecule has 98 valence electrons. The summed E-state index contributed by atoms with van der Waals surface area (Å²) in [4.78, 5) is 13.0. The lowest BCUT2D eigenvalue weighted by atomic mass is 10.1. The molecule has 0 radical (unpaired) electrons. The van der Waals surface area contributed by atoms with Crippen LogP contribution in [0.2, 0.25) is 0 Å².